The SMILES string of the molecule is CCOC(=O)Cn1cnc2cc(N3CCN(C(=O)OCC4c5ccccc5-c5ccccc54)CC3)[nH]c(=O)c21. The number of esters is 1. The minimum absolute atomic E-state index is 0.0167. The topological polar surface area (TPSA) is 110 Å². The predicted octanol–water partition coefficient (Wildman–Crippen LogP) is 3.36. The van der Waals surface area contributed by atoms with Crippen LogP contribution in [0.4, 0.5) is 10.6 Å². The second-order valence-electron chi connectivity index (χ2n) is 9.67. The van der Waals surface area contributed by atoms with Gasteiger partial charge < -0.3 is 28.8 Å². The van der Waals surface area contributed by atoms with Gasteiger partial charge in [-0.25, -0.2) is 9.78 Å². The molecule has 1 fully saturated rings. The minimum Gasteiger partial charge on any atom is -0.465 e. The number of hydrogen-bond donors (Lipinski definition) is 1. The zero-order valence-corrected chi connectivity index (χ0v) is 21.6. The van der Waals surface area contributed by atoms with E-state index in [9.17, 15) is 14.4 Å². The monoisotopic (exact) mass is 527 g/mol. The van der Waals surface area contributed by atoms with Gasteiger partial charge >= 0.3 is 12.1 Å². The maximum absolute atomic E-state index is 13.0. The number of anilines is 1. The van der Waals surface area contributed by atoms with Crippen LogP contribution in [0.15, 0.2) is 65.7 Å². The summed E-state index contributed by atoms with van der Waals surface area (Å²) in [6, 6.07) is 18.3. The summed E-state index contributed by atoms with van der Waals surface area (Å²) in [6.07, 6.45) is 1.13. The van der Waals surface area contributed by atoms with E-state index in [2.05, 4.69) is 34.2 Å². The summed E-state index contributed by atoms with van der Waals surface area (Å²) >= 11 is 0. The summed E-state index contributed by atoms with van der Waals surface area (Å²) < 4.78 is 12.3. The Morgan fingerprint density at radius 2 is 1.64 bits per heavy atom. The second-order valence-corrected chi connectivity index (χ2v) is 9.67. The van der Waals surface area contributed by atoms with Crippen molar-refractivity contribution in [1.29, 1.82) is 0 Å². The molecule has 1 saturated heterocycles. The Morgan fingerprint density at radius 3 is 2.31 bits per heavy atom. The third-order valence-electron chi connectivity index (χ3n) is 7.42. The fraction of sp³-hybridized carbons (Fsp3) is 0.310. The lowest BCUT2D eigenvalue weighted by Crippen LogP contribution is -2.49. The summed E-state index contributed by atoms with van der Waals surface area (Å²) in [5, 5.41) is 0. The highest BCUT2D eigenvalue weighted by atomic mass is 16.6. The normalized spacial score (nSPS) is 14.8. The number of imidazole rings is 1. The van der Waals surface area contributed by atoms with E-state index in [4.69, 9.17) is 9.47 Å². The van der Waals surface area contributed by atoms with Gasteiger partial charge in [0.1, 0.15) is 24.5 Å². The zero-order valence-electron chi connectivity index (χ0n) is 21.6. The van der Waals surface area contributed by atoms with Crippen LogP contribution >= 0.6 is 0 Å². The quantitative estimate of drug-likeness (QED) is 0.383. The van der Waals surface area contributed by atoms with E-state index in [-0.39, 0.29) is 37.3 Å². The highest BCUT2D eigenvalue weighted by Crippen LogP contribution is 2.44. The van der Waals surface area contributed by atoms with Crippen molar-refractivity contribution in [3.63, 3.8) is 0 Å². The van der Waals surface area contributed by atoms with Gasteiger partial charge in [-0.2, -0.15) is 0 Å². The van der Waals surface area contributed by atoms with E-state index in [1.807, 2.05) is 29.2 Å². The van der Waals surface area contributed by atoms with Crippen molar-refractivity contribution in [3.8, 4) is 11.1 Å². The molecule has 0 atom stereocenters. The van der Waals surface area contributed by atoms with Gasteiger partial charge in [0.25, 0.3) is 5.56 Å². The lowest BCUT2D eigenvalue weighted by Gasteiger charge is -2.35. The van der Waals surface area contributed by atoms with Gasteiger partial charge in [0.05, 0.1) is 18.5 Å². The Hall–Kier alpha value is -4.60. The Balaban J connectivity index is 1.09. The standard InChI is InChI=1S/C29H29N5O5/c1-2-38-26(35)16-34-18-30-24-15-25(31-28(36)27(24)34)32-11-13-33(14-12-32)29(37)39-17-23-21-9-5-3-7-19(21)20-8-4-6-10-22(20)23/h3-10,15,18,23H,2,11-14,16-17H2,1H3,(H,31,36). The molecular weight excluding hydrogens is 498 g/mol. The largest absolute Gasteiger partial charge is 0.465 e. The lowest BCUT2D eigenvalue weighted by molar-refractivity contribution is -0.143. The second kappa shape index (κ2) is 10.3. The lowest BCUT2D eigenvalue weighted by atomic mass is 9.98. The fourth-order valence-electron chi connectivity index (χ4n) is 5.54. The first-order chi connectivity index (χ1) is 19.0. The molecule has 0 spiro atoms. The molecule has 0 saturated carbocycles. The molecule has 2 aromatic carbocycles. The van der Waals surface area contributed by atoms with Crippen molar-refractivity contribution in [2.24, 2.45) is 0 Å². The highest BCUT2D eigenvalue weighted by Gasteiger charge is 2.30. The Bertz CT molecular complexity index is 1560. The van der Waals surface area contributed by atoms with E-state index < -0.39 is 5.97 Å². The molecule has 200 valence electrons. The molecule has 0 radical (unpaired) electrons. The van der Waals surface area contributed by atoms with E-state index in [1.165, 1.54) is 33.1 Å². The average molecular weight is 528 g/mol. The van der Waals surface area contributed by atoms with Crippen molar-refractivity contribution in [3.05, 3.63) is 82.4 Å². The van der Waals surface area contributed by atoms with Crippen LogP contribution in [-0.4, -0.2) is 70.9 Å². The van der Waals surface area contributed by atoms with Gasteiger partial charge in [-0.15, -0.1) is 0 Å². The molecular formula is C29H29N5O5. The molecule has 1 N–H and O–H groups in total. The number of fused-ring (bicyclic) bond motifs is 4. The van der Waals surface area contributed by atoms with Crippen molar-refractivity contribution >= 4 is 28.9 Å². The number of benzene rings is 2. The molecule has 1 aliphatic carbocycles. The zero-order chi connectivity index (χ0) is 26.9. The minimum atomic E-state index is -0.426. The molecule has 1 aliphatic heterocycles. The molecule has 10 nitrogen and oxygen atoms in total. The summed E-state index contributed by atoms with van der Waals surface area (Å²) in [6.45, 7) is 4.22. The van der Waals surface area contributed by atoms with Crippen molar-refractivity contribution in [2.75, 3.05) is 44.3 Å². The number of aromatic nitrogens is 3. The molecule has 0 unspecified atom stereocenters. The molecule has 39 heavy (non-hydrogen) atoms. The van der Waals surface area contributed by atoms with Gasteiger partial charge in [-0.3, -0.25) is 9.59 Å². The molecule has 10 heteroatoms. The molecule has 4 aromatic rings. The first-order valence-corrected chi connectivity index (χ1v) is 13.1. The van der Waals surface area contributed by atoms with Crippen LogP contribution < -0.4 is 10.5 Å². The van der Waals surface area contributed by atoms with E-state index in [1.54, 1.807) is 17.9 Å². The molecule has 3 heterocycles. The number of pyridine rings is 1. The van der Waals surface area contributed by atoms with E-state index in [0.29, 0.717) is 43.0 Å². The summed E-state index contributed by atoms with van der Waals surface area (Å²) in [7, 11) is 0. The number of hydrogen-bond acceptors (Lipinski definition) is 7. The molecule has 0 bridgehead atoms. The maximum Gasteiger partial charge on any atom is 0.409 e. The number of nitrogens with zero attached hydrogens (tertiary/aromatic N) is 4. The molecule has 6 rings (SSSR count). The number of amides is 1. The molecule has 2 aromatic heterocycles. The summed E-state index contributed by atoms with van der Waals surface area (Å²) in [5.74, 6) is 0.216. The van der Waals surface area contributed by atoms with E-state index >= 15 is 0 Å². The van der Waals surface area contributed by atoms with Gasteiger partial charge in [-0.1, -0.05) is 48.5 Å². The smallest absolute Gasteiger partial charge is 0.409 e. The highest BCUT2D eigenvalue weighted by molar-refractivity contribution is 5.80. The third-order valence-corrected chi connectivity index (χ3v) is 7.42. The number of ether oxygens (including phenoxy) is 2. The van der Waals surface area contributed by atoms with Crippen molar-refractivity contribution in [2.45, 2.75) is 19.4 Å². The van der Waals surface area contributed by atoms with Crippen LogP contribution in [0.25, 0.3) is 22.2 Å². The number of aromatic amines is 1. The van der Waals surface area contributed by atoms with Crippen LogP contribution in [0.5, 0.6) is 0 Å². The number of carbonyl (C=O) groups excluding carboxylic acids is 2. The van der Waals surface area contributed by atoms with Crippen LogP contribution in [-0.2, 0) is 20.8 Å². The summed E-state index contributed by atoms with van der Waals surface area (Å²) in [5.41, 5.74) is 5.24. The third kappa shape index (κ3) is 4.62. The first-order valence-electron chi connectivity index (χ1n) is 13.1. The number of carbonyl (C=O) groups is 2. The van der Waals surface area contributed by atoms with Gasteiger partial charge in [0, 0.05) is 38.2 Å². The van der Waals surface area contributed by atoms with Gasteiger partial charge in [0.15, 0.2) is 0 Å². The summed E-state index contributed by atoms with van der Waals surface area (Å²) in [4.78, 5) is 48.6. The van der Waals surface area contributed by atoms with Gasteiger partial charge in [0.2, 0.25) is 0 Å². The van der Waals surface area contributed by atoms with Crippen LogP contribution in [0, 0.1) is 0 Å². The number of rotatable bonds is 6. The molecule has 2 aliphatic rings. The molecule has 1 amide bonds. The van der Waals surface area contributed by atoms with Crippen molar-refractivity contribution < 1.29 is 19.1 Å². The van der Waals surface area contributed by atoms with E-state index in [0.717, 1.165) is 0 Å². The van der Waals surface area contributed by atoms with Crippen LogP contribution in [0.1, 0.15) is 24.0 Å². The number of piperazine rings is 1. The van der Waals surface area contributed by atoms with Gasteiger partial charge in [-0.05, 0) is 29.2 Å². The van der Waals surface area contributed by atoms with Crippen LogP contribution in [0.2, 0.25) is 0 Å². The van der Waals surface area contributed by atoms with Crippen LogP contribution in [0.3, 0.4) is 0 Å². The Kier molecular flexibility index (Phi) is 6.52. The maximum atomic E-state index is 13.0. The average Bonchev–Trinajstić information content (AvgIpc) is 3.51. The fourth-order valence-corrected chi connectivity index (χ4v) is 5.54. The Morgan fingerprint density at radius 1 is 0.974 bits per heavy atom. The number of nitrogens with one attached hydrogen (secondary N) is 1. The first kappa shape index (κ1) is 24.7. The van der Waals surface area contributed by atoms with Crippen molar-refractivity contribution in [1.82, 2.24) is 19.4 Å². The predicted molar refractivity (Wildman–Crippen MR) is 146 cm³/mol. The Labute approximate surface area is 224 Å². The number of H-pyrrole nitrogens is 1.